The van der Waals surface area contributed by atoms with Gasteiger partial charge in [-0.25, -0.2) is 0 Å². The quantitative estimate of drug-likeness (QED) is 0.440. The van der Waals surface area contributed by atoms with Crippen LogP contribution in [0, 0.1) is 0 Å². The van der Waals surface area contributed by atoms with Crippen molar-refractivity contribution in [3.8, 4) is 0 Å². The monoisotopic (exact) mass is 121 g/mol. The minimum Gasteiger partial charge on any atom is -0.403 e. The van der Waals surface area contributed by atoms with Crippen LogP contribution in [0.5, 0.6) is 0 Å². The molecule has 0 aliphatic carbocycles. The molecule has 0 aromatic carbocycles. The average molecular weight is 121 g/mol. The Morgan fingerprint density at radius 3 is 2.56 bits per heavy atom. The van der Waals surface area contributed by atoms with Crippen molar-refractivity contribution in [1.82, 2.24) is 0 Å². The third-order valence-electron chi connectivity index (χ3n) is 1.07. The van der Waals surface area contributed by atoms with Crippen LogP contribution in [0.1, 0.15) is 6.42 Å². The number of nitrogens with zero attached hydrogens (tertiary/aromatic N) is 1. The smallest absolute Gasteiger partial charge is 0.122 e. The highest BCUT2D eigenvalue weighted by molar-refractivity contribution is 6.50. The number of oxime groups is 1. The molecule has 9 heavy (non-hydrogen) atoms. The molecule has 1 heterocycles. The average Bonchev–Trinajstić information content (AvgIpc) is 2.08. The van der Waals surface area contributed by atoms with Gasteiger partial charge in [0.1, 0.15) is 22.3 Å². The molecule has 0 bridgehead atoms. The van der Waals surface area contributed by atoms with Crippen molar-refractivity contribution < 1.29 is 9.94 Å². The van der Waals surface area contributed by atoms with Crippen LogP contribution < -0.4 is 0 Å². The van der Waals surface area contributed by atoms with E-state index < -0.39 is 5.40 Å². The second kappa shape index (κ2) is 2.06. The zero-order valence-electron chi connectivity index (χ0n) is 4.87. The summed E-state index contributed by atoms with van der Waals surface area (Å²) in [7, 11) is 10.1. The summed E-state index contributed by atoms with van der Waals surface area (Å²) in [4.78, 5) is 4.55. The van der Waals surface area contributed by atoms with Crippen molar-refractivity contribution in [1.29, 1.82) is 0 Å². The molecule has 0 aromatic rings. The minimum absolute atomic E-state index is 0.294. The maximum atomic E-state index is 8.86. The molecule has 0 unspecified atom stereocenters. The number of hydrogen-bond acceptors (Lipinski definition) is 3. The van der Waals surface area contributed by atoms with Gasteiger partial charge in [0, 0.05) is 11.8 Å². The minimum atomic E-state index is -1.80. The third-order valence-corrected chi connectivity index (χ3v) is 1.07. The zero-order valence-corrected chi connectivity index (χ0v) is 4.87. The van der Waals surface area contributed by atoms with Gasteiger partial charge in [0.05, 0.1) is 5.71 Å². The third kappa shape index (κ3) is 1.48. The van der Waals surface area contributed by atoms with E-state index in [9.17, 15) is 0 Å². The first-order valence-electron chi connectivity index (χ1n) is 2.60. The van der Waals surface area contributed by atoms with Gasteiger partial charge in [0.25, 0.3) is 0 Å². The summed E-state index contributed by atoms with van der Waals surface area (Å²) < 4.78 is 0. The number of hydrogen-bond donors (Lipinski definition) is 1. The van der Waals surface area contributed by atoms with Gasteiger partial charge >= 0.3 is 0 Å². The van der Waals surface area contributed by atoms with Gasteiger partial charge in [0.2, 0.25) is 0 Å². The van der Waals surface area contributed by atoms with Crippen molar-refractivity contribution in [2.75, 3.05) is 6.61 Å². The Hall–Kier alpha value is -0.440. The summed E-state index contributed by atoms with van der Waals surface area (Å²) in [6.07, 6.45) is 0.503. The molecule has 0 aromatic heterocycles. The summed E-state index contributed by atoms with van der Waals surface area (Å²) in [5, 5.41) is 10.5. The molecule has 1 aliphatic rings. The van der Waals surface area contributed by atoms with Gasteiger partial charge in [-0.05, 0) is 0 Å². The Morgan fingerprint density at radius 2 is 2.33 bits per heavy atom. The summed E-state index contributed by atoms with van der Waals surface area (Å²) in [6, 6.07) is 0. The lowest BCUT2D eigenvalue weighted by atomic mass is 9.62. The predicted molar refractivity (Wildman–Crippen MR) is 34.5 cm³/mol. The van der Waals surface area contributed by atoms with Crippen molar-refractivity contribution in [3.05, 3.63) is 0 Å². The Bertz CT molecular complexity index is 140. The second-order valence-corrected chi connectivity index (χ2v) is 1.95. The van der Waals surface area contributed by atoms with E-state index >= 15 is 0 Å². The highest BCUT2D eigenvalue weighted by Crippen LogP contribution is 2.07. The van der Waals surface area contributed by atoms with Gasteiger partial charge < -0.3 is 9.94 Å². The van der Waals surface area contributed by atoms with Gasteiger partial charge in [-0.15, -0.1) is 0 Å². The van der Waals surface area contributed by atoms with Crippen LogP contribution in [-0.2, 0) is 4.84 Å². The Balaban J connectivity index is 2.61. The van der Waals surface area contributed by atoms with E-state index in [-0.39, 0.29) is 0 Å². The van der Waals surface area contributed by atoms with Crippen LogP contribution in [0.4, 0.5) is 0 Å². The van der Waals surface area contributed by atoms with Crippen LogP contribution in [0.3, 0.4) is 0 Å². The summed E-state index contributed by atoms with van der Waals surface area (Å²) in [5.41, 5.74) is 0.294. The lowest BCUT2D eigenvalue weighted by Crippen LogP contribution is -2.38. The van der Waals surface area contributed by atoms with Crippen LogP contribution in [0.2, 0.25) is 0 Å². The molecule has 0 saturated heterocycles. The normalized spacial score (nSPS) is 19.0. The van der Waals surface area contributed by atoms with Gasteiger partial charge in [-0.3, -0.25) is 0 Å². The lowest BCUT2D eigenvalue weighted by molar-refractivity contribution is 0.173. The van der Waals surface area contributed by atoms with Gasteiger partial charge in [-0.1, -0.05) is 5.16 Å². The standard InChI is InChI=1S/C4H5B2NO2/c5-4(6,8)3-1-2-9-7-3/h8H,1-2H2. The Labute approximate surface area is 55.9 Å². The topological polar surface area (TPSA) is 41.8 Å². The van der Waals surface area contributed by atoms with Crippen molar-refractivity contribution in [3.63, 3.8) is 0 Å². The van der Waals surface area contributed by atoms with Crippen molar-refractivity contribution in [2.45, 2.75) is 11.8 Å². The lowest BCUT2D eigenvalue weighted by Gasteiger charge is -2.15. The van der Waals surface area contributed by atoms with Crippen molar-refractivity contribution >= 4 is 21.4 Å². The predicted octanol–water partition coefficient (Wildman–Crippen LogP) is -1.25. The van der Waals surface area contributed by atoms with Crippen molar-refractivity contribution in [2.24, 2.45) is 5.16 Å². The van der Waals surface area contributed by atoms with E-state index in [0.717, 1.165) is 0 Å². The molecule has 0 fully saturated rings. The molecule has 5 heteroatoms. The fourth-order valence-corrected chi connectivity index (χ4v) is 0.585. The maximum Gasteiger partial charge on any atom is 0.122 e. The van der Waals surface area contributed by atoms with Crippen LogP contribution in [-0.4, -0.2) is 38.5 Å². The first-order valence-corrected chi connectivity index (χ1v) is 2.60. The molecule has 1 aliphatic heterocycles. The van der Waals surface area contributed by atoms with E-state index in [1.807, 2.05) is 0 Å². The number of aliphatic hydroxyl groups is 1. The SMILES string of the molecule is [B]C([B])(O)C1=NOCC1. The molecule has 1 rings (SSSR count). The van der Waals surface area contributed by atoms with Crippen LogP contribution in [0.25, 0.3) is 0 Å². The number of rotatable bonds is 1. The first-order chi connectivity index (χ1) is 4.11. The van der Waals surface area contributed by atoms with Crippen LogP contribution in [0.15, 0.2) is 5.16 Å². The fraction of sp³-hybridized carbons (Fsp3) is 0.750. The second-order valence-electron chi connectivity index (χ2n) is 1.95. The molecule has 0 amide bonds. The fourth-order valence-electron chi connectivity index (χ4n) is 0.585. The molecule has 4 radical (unpaired) electrons. The molecule has 0 spiro atoms. The summed E-state index contributed by atoms with van der Waals surface area (Å²) in [6.45, 7) is 0.450. The summed E-state index contributed by atoms with van der Waals surface area (Å²) >= 11 is 0. The zero-order chi connectivity index (χ0) is 6.91. The Morgan fingerprint density at radius 1 is 1.67 bits per heavy atom. The van der Waals surface area contributed by atoms with E-state index in [4.69, 9.17) is 20.8 Å². The largest absolute Gasteiger partial charge is 0.403 e. The molecule has 0 saturated carbocycles. The highest BCUT2D eigenvalue weighted by Gasteiger charge is 2.23. The molecule has 44 valence electrons. The highest BCUT2D eigenvalue weighted by atomic mass is 16.6. The van der Waals surface area contributed by atoms with E-state index in [0.29, 0.717) is 18.7 Å². The Kier molecular flexibility index (Phi) is 1.53. The van der Waals surface area contributed by atoms with Crippen LogP contribution >= 0.6 is 0 Å². The molecular formula is C4H5B2NO2. The van der Waals surface area contributed by atoms with E-state index in [2.05, 4.69) is 9.99 Å². The maximum absolute atomic E-state index is 8.86. The molecular weight excluding hydrogens is 116 g/mol. The first kappa shape index (κ1) is 6.68. The molecule has 0 atom stereocenters. The summed E-state index contributed by atoms with van der Waals surface area (Å²) in [5.74, 6) is 0. The van der Waals surface area contributed by atoms with E-state index in [1.165, 1.54) is 0 Å². The molecule has 3 nitrogen and oxygen atoms in total. The van der Waals surface area contributed by atoms with Gasteiger partial charge in [0.15, 0.2) is 0 Å². The van der Waals surface area contributed by atoms with Gasteiger partial charge in [-0.2, -0.15) is 0 Å². The van der Waals surface area contributed by atoms with E-state index in [1.54, 1.807) is 0 Å². The molecule has 1 N–H and O–H groups in total.